The normalized spacial score (nSPS) is 12.3. The molecule has 2 rings (SSSR count). The molecule has 1 heterocycles. The molecule has 3 N–H and O–H groups in total. The van der Waals surface area contributed by atoms with Gasteiger partial charge in [0.2, 0.25) is 5.91 Å². The van der Waals surface area contributed by atoms with E-state index in [1.807, 2.05) is 25.1 Å². The van der Waals surface area contributed by atoms with E-state index in [-0.39, 0.29) is 17.8 Å². The number of thiophene rings is 1. The van der Waals surface area contributed by atoms with Crippen molar-refractivity contribution in [1.29, 1.82) is 0 Å². The highest BCUT2D eigenvalue weighted by Crippen LogP contribution is 2.29. The van der Waals surface area contributed by atoms with Gasteiger partial charge in [0.05, 0.1) is 0 Å². The Morgan fingerprint density at radius 1 is 1.35 bits per heavy atom. The molecule has 0 bridgehead atoms. The highest BCUT2D eigenvalue weighted by Gasteiger charge is 2.09. The first kappa shape index (κ1) is 14.7. The molecule has 0 spiro atoms. The fraction of sp³-hybridized carbons (Fsp3) is 0.267. The first-order valence-electron chi connectivity index (χ1n) is 6.41. The Hall–Kier alpha value is -1.72. The number of nitrogens with two attached hydrogens (primary N) is 1. The average Bonchev–Trinajstić information content (AvgIpc) is 2.85. The van der Waals surface area contributed by atoms with Gasteiger partial charge < -0.3 is 11.1 Å². The molecule has 5 heteroatoms. The maximum Gasteiger partial charge on any atom is 0.218 e. The van der Waals surface area contributed by atoms with Crippen molar-refractivity contribution in [3.63, 3.8) is 0 Å². The summed E-state index contributed by atoms with van der Waals surface area (Å²) in [6.45, 7) is 2.56. The number of nitrogens with one attached hydrogen (secondary N) is 1. The Bertz CT molecular complexity index is 597. The predicted octanol–water partition coefficient (Wildman–Crippen LogP) is 2.91. The molecule has 0 saturated heterocycles. The number of hydrogen-bond acceptors (Lipinski definition) is 3. The van der Waals surface area contributed by atoms with Crippen LogP contribution in [0.4, 0.5) is 4.39 Å². The van der Waals surface area contributed by atoms with Gasteiger partial charge in [-0.1, -0.05) is 18.2 Å². The van der Waals surface area contributed by atoms with E-state index in [4.69, 9.17) is 5.73 Å². The predicted molar refractivity (Wildman–Crippen MR) is 79.8 cm³/mol. The minimum absolute atomic E-state index is 0.0338. The summed E-state index contributed by atoms with van der Waals surface area (Å²) in [6, 6.07) is 10.7. The summed E-state index contributed by atoms with van der Waals surface area (Å²) in [5.41, 5.74) is 5.76. The van der Waals surface area contributed by atoms with E-state index in [1.165, 1.54) is 6.07 Å². The molecule has 20 heavy (non-hydrogen) atoms. The molecule has 1 aromatic carbocycles. The highest BCUT2D eigenvalue weighted by molar-refractivity contribution is 7.15. The lowest BCUT2D eigenvalue weighted by molar-refractivity contribution is -0.118. The van der Waals surface area contributed by atoms with E-state index in [0.29, 0.717) is 18.5 Å². The molecule has 0 aliphatic rings. The van der Waals surface area contributed by atoms with Crippen LogP contribution in [0.5, 0.6) is 0 Å². The molecule has 3 nitrogen and oxygen atoms in total. The molecule has 1 aromatic heterocycles. The van der Waals surface area contributed by atoms with E-state index < -0.39 is 0 Å². The fourth-order valence-corrected chi connectivity index (χ4v) is 2.91. The van der Waals surface area contributed by atoms with Gasteiger partial charge in [-0.15, -0.1) is 11.3 Å². The lowest BCUT2D eigenvalue weighted by Crippen LogP contribution is -2.30. The first-order valence-corrected chi connectivity index (χ1v) is 7.23. The molecule has 1 amide bonds. The summed E-state index contributed by atoms with van der Waals surface area (Å²) < 4.78 is 13.7. The standard InChI is InChI=1S/C15H17FN2OS/c1-10(8-15(17)19)18-9-11-6-7-14(20-11)12-4-2-3-5-13(12)16/h2-7,10,18H,8-9H2,1H3,(H2,17,19). The van der Waals surface area contributed by atoms with Crippen molar-refractivity contribution >= 4 is 17.2 Å². The van der Waals surface area contributed by atoms with Crippen molar-refractivity contribution in [2.75, 3.05) is 0 Å². The number of benzene rings is 1. The van der Waals surface area contributed by atoms with E-state index in [9.17, 15) is 9.18 Å². The van der Waals surface area contributed by atoms with Crippen LogP contribution in [0.25, 0.3) is 10.4 Å². The molecule has 0 saturated carbocycles. The molecule has 0 fully saturated rings. The average molecular weight is 292 g/mol. The lowest BCUT2D eigenvalue weighted by atomic mass is 10.2. The SMILES string of the molecule is CC(CC(N)=O)NCc1ccc(-c2ccccc2F)s1. The topological polar surface area (TPSA) is 55.1 Å². The van der Waals surface area contributed by atoms with Crippen LogP contribution in [0.1, 0.15) is 18.2 Å². The molecule has 106 valence electrons. The zero-order chi connectivity index (χ0) is 14.5. The van der Waals surface area contributed by atoms with Crippen LogP contribution < -0.4 is 11.1 Å². The van der Waals surface area contributed by atoms with Gasteiger partial charge in [-0.25, -0.2) is 4.39 Å². The quantitative estimate of drug-likeness (QED) is 0.860. The minimum atomic E-state index is -0.316. The smallest absolute Gasteiger partial charge is 0.218 e. The van der Waals surface area contributed by atoms with E-state index >= 15 is 0 Å². The van der Waals surface area contributed by atoms with Crippen LogP contribution in [0.3, 0.4) is 0 Å². The van der Waals surface area contributed by atoms with Crippen molar-refractivity contribution in [2.45, 2.75) is 25.9 Å². The van der Waals surface area contributed by atoms with Crippen LogP contribution >= 0.6 is 11.3 Å². The van der Waals surface area contributed by atoms with E-state index in [0.717, 1.165) is 9.75 Å². The van der Waals surface area contributed by atoms with Crippen LogP contribution in [0.15, 0.2) is 36.4 Å². The summed E-state index contributed by atoms with van der Waals surface area (Å²) in [4.78, 5) is 12.8. The summed E-state index contributed by atoms with van der Waals surface area (Å²) in [5, 5.41) is 3.23. The Labute approximate surface area is 121 Å². The molecular formula is C15H17FN2OS. The number of amides is 1. The number of carbonyl (C=O) groups is 1. The minimum Gasteiger partial charge on any atom is -0.370 e. The van der Waals surface area contributed by atoms with Crippen molar-refractivity contribution in [3.8, 4) is 10.4 Å². The fourth-order valence-electron chi connectivity index (χ4n) is 1.93. The Kier molecular flexibility index (Phi) is 4.87. The number of halogens is 1. The van der Waals surface area contributed by atoms with E-state index in [2.05, 4.69) is 5.32 Å². The van der Waals surface area contributed by atoms with Gasteiger partial charge in [-0.2, -0.15) is 0 Å². The monoisotopic (exact) mass is 292 g/mol. The van der Waals surface area contributed by atoms with Gasteiger partial charge in [0.25, 0.3) is 0 Å². The van der Waals surface area contributed by atoms with Gasteiger partial charge in [-0.3, -0.25) is 4.79 Å². The number of rotatable bonds is 6. The summed E-state index contributed by atoms with van der Waals surface area (Å²) >= 11 is 1.54. The third kappa shape index (κ3) is 3.88. The van der Waals surface area contributed by atoms with Crippen molar-refractivity contribution < 1.29 is 9.18 Å². The Balaban J connectivity index is 1.99. The maximum absolute atomic E-state index is 13.7. The second kappa shape index (κ2) is 6.63. The second-order valence-corrected chi connectivity index (χ2v) is 5.87. The summed E-state index contributed by atoms with van der Waals surface area (Å²) in [5.74, 6) is -0.529. The van der Waals surface area contributed by atoms with Gasteiger partial charge >= 0.3 is 0 Å². The largest absolute Gasteiger partial charge is 0.370 e. The third-order valence-electron chi connectivity index (χ3n) is 2.93. The zero-order valence-corrected chi connectivity index (χ0v) is 12.0. The molecular weight excluding hydrogens is 275 g/mol. The molecule has 2 aromatic rings. The van der Waals surface area contributed by atoms with Gasteiger partial charge in [0.15, 0.2) is 0 Å². The van der Waals surface area contributed by atoms with Crippen molar-refractivity contribution in [2.24, 2.45) is 5.73 Å². The zero-order valence-electron chi connectivity index (χ0n) is 11.2. The van der Waals surface area contributed by atoms with Gasteiger partial charge in [0.1, 0.15) is 5.82 Å². The first-order chi connectivity index (χ1) is 9.56. The number of primary amides is 1. The number of hydrogen-bond donors (Lipinski definition) is 2. The molecule has 1 atom stereocenters. The van der Waals surface area contributed by atoms with E-state index in [1.54, 1.807) is 23.5 Å². The highest BCUT2D eigenvalue weighted by atomic mass is 32.1. The van der Waals surface area contributed by atoms with Gasteiger partial charge in [0, 0.05) is 34.3 Å². The molecule has 1 unspecified atom stereocenters. The van der Waals surface area contributed by atoms with Crippen LogP contribution in [0.2, 0.25) is 0 Å². The second-order valence-electron chi connectivity index (χ2n) is 4.70. The van der Waals surface area contributed by atoms with Crippen LogP contribution in [-0.4, -0.2) is 11.9 Å². The van der Waals surface area contributed by atoms with Crippen molar-refractivity contribution in [1.82, 2.24) is 5.32 Å². The summed E-state index contributed by atoms with van der Waals surface area (Å²) in [7, 11) is 0. The van der Waals surface area contributed by atoms with Crippen LogP contribution in [-0.2, 0) is 11.3 Å². The van der Waals surface area contributed by atoms with Gasteiger partial charge in [-0.05, 0) is 25.1 Å². The molecule has 0 radical (unpaired) electrons. The number of carbonyl (C=O) groups excluding carboxylic acids is 1. The maximum atomic E-state index is 13.7. The Morgan fingerprint density at radius 2 is 2.10 bits per heavy atom. The molecule has 0 aliphatic heterocycles. The Morgan fingerprint density at radius 3 is 2.80 bits per heavy atom. The third-order valence-corrected chi connectivity index (χ3v) is 4.05. The van der Waals surface area contributed by atoms with Crippen molar-refractivity contribution in [3.05, 3.63) is 47.1 Å². The molecule has 0 aliphatic carbocycles. The van der Waals surface area contributed by atoms with Crippen LogP contribution in [0, 0.1) is 5.82 Å². The lowest BCUT2D eigenvalue weighted by Gasteiger charge is -2.10. The summed E-state index contributed by atoms with van der Waals surface area (Å²) in [6.07, 6.45) is 0.311.